The van der Waals surface area contributed by atoms with Gasteiger partial charge >= 0.3 is 5.97 Å². The van der Waals surface area contributed by atoms with E-state index in [4.69, 9.17) is 22.3 Å². The zero-order valence-corrected chi connectivity index (χ0v) is 19.7. The molecular weight excluding hydrogens is 456 g/mol. The number of nitrogens with two attached hydrogens (primary N) is 3. The number of carboxylic acid groups (broad SMARTS) is 1. The third-order valence-corrected chi connectivity index (χ3v) is 5.28. The largest absolute Gasteiger partial charge is 0.480 e. The van der Waals surface area contributed by atoms with E-state index in [1.807, 2.05) is 0 Å². The van der Waals surface area contributed by atoms with Crippen LogP contribution >= 0.6 is 11.8 Å². The molecule has 0 spiro atoms. The van der Waals surface area contributed by atoms with E-state index in [0.29, 0.717) is 31.6 Å². The summed E-state index contributed by atoms with van der Waals surface area (Å²) in [4.78, 5) is 60.4. The maximum Gasteiger partial charge on any atom is 0.328 e. The van der Waals surface area contributed by atoms with E-state index in [2.05, 4.69) is 16.0 Å². The number of aliphatic hydroxyl groups is 1. The van der Waals surface area contributed by atoms with Gasteiger partial charge in [-0.1, -0.05) is 6.42 Å². The highest BCUT2D eigenvalue weighted by molar-refractivity contribution is 7.98. The summed E-state index contributed by atoms with van der Waals surface area (Å²) in [6, 6.07) is -5.08. The molecule has 0 aromatic heterocycles. The molecule has 0 aromatic carbocycles. The van der Waals surface area contributed by atoms with Gasteiger partial charge in [0.25, 0.3) is 0 Å². The quantitative estimate of drug-likeness (QED) is 0.0956. The molecule has 0 bridgehead atoms. The molecule has 14 heteroatoms. The van der Waals surface area contributed by atoms with E-state index in [1.54, 1.807) is 6.26 Å². The molecule has 4 amide bonds. The van der Waals surface area contributed by atoms with Crippen LogP contribution in [0.4, 0.5) is 0 Å². The Morgan fingerprint density at radius 1 is 0.939 bits per heavy atom. The lowest BCUT2D eigenvalue weighted by Crippen LogP contribution is -2.58. The van der Waals surface area contributed by atoms with Gasteiger partial charge < -0.3 is 43.4 Å². The van der Waals surface area contributed by atoms with Gasteiger partial charge in [0, 0.05) is 0 Å². The SMILES string of the molecule is CSCCC(NC(=O)C(CC(N)=O)NC(=O)C(N)CCCCN)C(=O)NC(C(=O)O)C(C)O. The number of aliphatic hydroxyl groups excluding tert-OH is 1. The number of thioether (sulfide) groups is 1. The Morgan fingerprint density at radius 2 is 1.52 bits per heavy atom. The summed E-state index contributed by atoms with van der Waals surface area (Å²) in [5, 5.41) is 25.7. The molecule has 0 saturated heterocycles. The summed E-state index contributed by atoms with van der Waals surface area (Å²) in [6.07, 6.45) is 1.57. The van der Waals surface area contributed by atoms with Crippen molar-refractivity contribution in [2.24, 2.45) is 17.2 Å². The van der Waals surface area contributed by atoms with E-state index >= 15 is 0 Å². The fourth-order valence-electron chi connectivity index (χ4n) is 2.75. The number of rotatable bonds is 17. The molecule has 33 heavy (non-hydrogen) atoms. The number of hydrogen-bond donors (Lipinski definition) is 8. The van der Waals surface area contributed by atoms with E-state index in [-0.39, 0.29) is 6.42 Å². The van der Waals surface area contributed by atoms with Gasteiger partial charge in [-0.05, 0) is 44.7 Å². The molecular formula is C19H36N6O7S. The monoisotopic (exact) mass is 492 g/mol. The molecule has 5 unspecified atom stereocenters. The Labute approximate surface area is 196 Å². The number of nitrogens with one attached hydrogen (secondary N) is 3. The molecule has 0 aliphatic carbocycles. The van der Waals surface area contributed by atoms with Crippen LogP contribution in [0.15, 0.2) is 0 Å². The predicted octanol–water partition coefficient (Wildman–Crippen LogP) is -3.01. The number of carbonyl (C=O) groups is 5. The van der Waals surface area contributed by atoms with Crippen LogP contribution in [0.3, 0.4) is 0 Å². The minimum Gasteiger partial charge on any atom is -0.480 e. The molecule has 0 fully saturated rings. The van der Waals surface area contributed by atoms with Gasteiger partial charge in [0.05, 0.1) is 18.6 Å². The number of aliphatic carboxylic acids is 1. The maximum absolute atomic E-state index is 12.8. The zero-order valence-electron chi connectivity index (χ0n) is 18.9. The van der Waals surface area contributed by atoms with Crippen molar-refractivity contribution in [1.29, 1.82) is 0 Å². The number of amides is 4. The Bertz CT molecular complexity index is 679. The number of carbonyl (C=O) groups excluding carboxylic acids is 4. The first-order valence-electron chi connectivity index (χ1n) is 10.5. The van der Waals surface area contributed by atoms with Crippen LogP contribution in [0.5, 0.6) is 0 Å². The van der Waals surface area contributed by atoms with Crippen molar-refractivity contribution in [2.45, 2.75) is 69.3 Å². The molecule has 0 radical (unpaired) electrons. The van der Waals surface area contributed by atoms with Crippen LogP contribution in [-0.4, -0.2) is 88.6 Å². The van der Waals surface area contributed by atoms with Crippen molar-refractivity contribution in [3.63, 3.8) is 0 Å². The average molecular weight is 493 g/mol. The lowest BCUT2D eigenvalue weighted by atomic mass is 10.1. The highest BCUT2D eigenvalue weighted by atomic mass is 32.2. The van der Waals surface area contributed by atoms with E-state index < -0.39 is 66.3 Å². The van der Waals surface area contributed by atoms with Crippen molar-refractivity contribution in [2.75, 3.05) is 18.6 Å². The second-order valence-corrected chi connectivity index (χ2v) is 8.52. The number of primary amides is 1. The summed E-state index contributed by atoms with van der Waals surface area (Å²) in [6.45, 7) is 1.64. The lowest BCUT2D eigenvalue weighted by molar-refractivity contribution is -0.145. The van der Waals surface area contributed by atoms with Crippen LogP contribution in [0, 0.1) is 0 Å². The summed E-state index contributed by atoms with van der Waals surface area (Å²) in [5.74, 6) is -4.24. The highest BCUT2D eigenvalue weighted by Crippen LogP contribution is 2.05. The zero-order chi connectivity index (χ0) is 25.6. The molecule has 190 valence electrons. The smallest absolute Gasteiger partial charge is 0.328 e. The number of carboxylic acids is 1. The molecule has 0 rings (SSSR count). The molecule has 0 aliphatic rings. The van der Waals surface area contributed by atoms with Gasteiger partial charge in [0.15, 0.2) is 6.04 Å². The van der Waals surface area contributed by atoms with Crippen LogP contribution < -0.4 is 33.2 Å². The molecule has 5 atom stereocenters. The van der Waals surface area contributed by atoms with E-state index in [9.17, 15) is 29.1 Å². The molecule has 0 aromatic rings. The molecule has 0 aliphatic heterocycles. The Hall–Kier alpha value is -2.42. The van der Waals surface area contributed by atoms with Crippen LogP contribution in [0.25, 0.3) is 0 Å². The Balaban J connectivity index is 5.39. The fraction of sp³-hybridized carbons (Fsp3) is 0.737. The highest BCUT2D eigenvalue weighted by Gasteiger charge is 2.32. The minimum absolute atomic E-state index is 0.126. The van der Waals surface area contributed by atoms with Gasteiger partial charge in [0.1, 0.15) is 12.1 Å². The first-order valence-corrected chi connectivity index (χ1v) is 11.9. The number of unbranched alkanes of at least 4 members (excludes halogenated alkanes) is 1. The predicted molar refractivity (Wildman–Crippen MR) is 123 cm³/mol. The third kappa shape index (κ3) is 12.4. The van der Waals surface area contributed by atoms with Crippen LogP contribution in [-0.2, 0) is 24.0 Å². The molecule has 0 saturated carbocycles. The lowest BCUT2D eigenvalue weighted by Gasteiger charge is -2.25. The standard InChI is InChI=1S/C19H36N6O7S/c1-10(26)15(19(31)32)25-17(29)12(6-8-33-2)23-18(30)13(9-14(22)27)24-16(28)11(21)5-3-4-7-20/h10-13,15,26H,3-9,20-21H2,1-2H3,(H2,22,27)(H,23,30)(H,24,28)(H,25,29)(H,31,32). The van der Waals surface area contributed by atoms with Gasteiger partial charge in [-0.25, -0.2) is 4.79 Å². The average Bonchev–Trinajstić information content (AvgIpc) is 2.73. The molecule has 0 heterocycles. The van der Waals surface area contributed by atoms with Crippen LogP contribution in [0.1, 0.15) is 39.0 Å². The van der Waals surface area contributed by atoms with Gasteiger partial charge in [-0.15, -0.1) is 0 Å². The maximum atomic E-state index is 12.8. The van der Waals surface area contributed by atoms with Crippen molar-refractivity contribution in [3.05, 3.63) is 0 Å². The first kappa shape index (κ1) is 30.6. The number of hydrogen-bond acceptors (Lipinski definition) is 9. The minimum atomic E-state index is -1.58. The van der Waals surface area contributed by atoms with Gasteiger partial charge in [0.2, 0.25) is 23.6 Å². The Morgan fingerprint density at radius 3 is 2.00 bits per heavy atom. The molecule has 13 nitrogen and oxygen atoms in total. The normalized spacial score (nSPS) is 15.4. The van der Waals surface area contributed by atoms with Crippen LogP contribution in [0.2, 0.25) is 0 Å². The van der Waals surface area contributed by atoms with Crippen molar-refractivity contribution >= 4 is 41.4 Å². The van der Waals surface area contributed by atoms with Crippen molar-refractivity contribution in [1.82, 2.24) is 16.0 Å². The molecule has 11 N–H and O–H groups in total. The van der Waals surface area contributed by atoms with E-state index in [0.717, 1.165) is 0 Å². The fourth-order valence-corrected chi connectivity index (χ4v) is 3.22. The second kappa shape index (κ2) is 16.2. The summed E-state index contributed by atoms with van der Waals surface area (Å²) in [5.41, 5.74) is 16.4. The summed E-state index contributed by atoms with van der Waals surface area (Å²) < 4.78 is 0. The first-order chi connectivity index (χ1) is 15.4. The van der Waals surface area contributed by atoms with Gasteiger partial charge in [-0.2, -0.15) is 11.8 Å². The second-order valence-electron chi connectivity index (χ2n) is 7.53. The summed E-state index contributed by atoms with van der Waals surface area (Å²) in [7, 11) is 0. The topological polar surface area (TPSA) is 240 Å². The Kier molecular flexibility index (Phi) is 15.0. The van der Waals surface area contributed by atoms with E-state index in [1.165, 1.54) is 18.7 Å². The summed E-state index contributed by atoms with van der Waals surface area (Å²) >= 11 is 1.38. The van der Waals surface area contributed by atoms with Crippen molar-refractivity contribution < 1.29 is 34.2 Å². The van der Waals surface area contributed by atoms with Gasteiger partial charge in [-0.3, -0.25) is 19.2 Å². The third-order valence-electron chi connectivity index (χ3n) is 4.63. The van der Waals surface area contributed by atoms with Crippen molar-refractivity contribution in [3.8, 4) is 0 Å².